The number of fused-ring (bicyclic) bond motifs is 3. The van der Waals surface area contributed by atoms with Crippen molar-refractivity contribution in [3.05, 3.63) is 29.1 Å². The van der Waals surface area contributed by atoms with E-state index in [1.807, 2.05) is 0 Å². The zero-order chi connectivity index (χ0) is 16.0. The van der Waals surface area contributed by atoms with E-state index in [2.05, 4.69) is 34.3 Å². The van der Waals surface area contributed by atoms with Gasteiger partial charge in [-0.2, -0.15) is 0 Å². The number of rotatable bonds is 4. The molecular weight excluding hydrogens is 288 g/mol. The fourth-order valence-corrected chi connectivity index (χ4v) is 4.65. The second kappa shape index (κ2) is 5.64. The van der Waals surface area contributed by atoms with Crippen LogP contribution >= 0.6 is 0 Å². The van der Waals surface area contributed by atoms with Gasteiger partial charge in [-0.25, -0.2) is 0 Å². The molecule has 0 radical (unpaired) electrons. The summed E-state index contributed by atoms with van der Waals surface area (Å²) in [4.78, 5) is 18.8. The zero-order valence-corrected chi connectivity index (χ0v) is 13.6. The van der Waals surface area contributed by atoms with Crippen LogP contribution in [-0.2, 0) is 6.42 Å². The first-order valence-corrected chi connectivity index (χ1v) is 8.67. The highest BCUT2D eigenvalue weighted by molar-refractivity contribution is 6.00. The van der Waals surface area contributed by atoms with Crippen molar-refractivity contribution in [3.63, 3.8) is 0 Å². The Hall–Kier alpha value is -1.88. The van der Waals surface area contributed by atoms with Gasteiger partial charge in [0, 0.05) is 36.3 Å². The first-order chi connectivity index (χ1) is 11.2. The second-order valence-electron chi connectivity index (χ2n) is 6.91. The molecular formula is C18H24N4O. The number of carbonyl (C=O) groups is 1. The minimum atomic E-state index is -0.405. The molecule has 2 atom stereocenters. The van der Waals surface area contributed by atoms with Crippen molar-refractivity contribution in [1.82, 2.24) is 9.88 Å². The number of anilines is 1. The maximum Gasteiger partial charge on any atom is 0.252 e. The summed E-state index contributed by atoms with van der Waals surface area (Å²) in [6.07, 6.45) is 11.5. The van der Waals surface area contributed by atoms with Gasteiger partial charge in [-0.1, -0.05) is 19.1 Å². The molecule has 5 heteroatoms. The van der Waals surface area contributed by atoms with Gasteiger partial charge in [0.05, 0.1) is 16.9 Å². The number of allylic oxidation sites excluding steroid dienone is 1. The minimum Gasteiger partial charge on any atom is -0.381 e. The molecule has 1 aromatic rings. The van der Waals surface area contributed by atoms with Gasteiger partial charge in [-0.3, -0.25) is 14.7 Å². The maximum absolute atomic E-state index is 11.8. The number of nitrogens with two attached hydrogens (primary N) is 1. The van der Waals surface area contributed by atoms with Gasteiger partial charge < -0.3 is 11.1 Å². The molecule has 0 spiro atoms. The van der Waals surface area contributed by atoms with E-state index < -0.39 is 5.91 Å². The number of nitrogens with zero attached hydrogens (tertiary/aromatic N) is 2. The summed E-state index contributed by atoms with van der Waals surface area (Å²) in [5, 5.41) is 3.66. The number of carbonyl (C=O) groups excluding carboxylic acids is 1. The predicted molar refractivity (Wildman–Crippen MR) is 91.3 cm³/mol. The molecule has 0 aromatic carbocycles. The Balaban J connectivity index is 1.61. The quantitative estimate of drug-likeness (QED) is 0.894. The maximum atomic E-state index is 11.8. The van der Waals surface area contributed by atoms with Gasteiger partial charge in [-0.05, 0) is 32.2 Å². The van der Waals surface area contributed by atoms with E-state index in [4.69, 9.17) is 5.73 Å². The van der Waals surface area contributed by atoms with Gasteiger partial charge in [-0.15, -0.1) is 0 Å². The molecule has 2 bridgehead atoms. The van der Waals surface area contributed by atoms with E-state index in [1.54, 1.807) is 6.20 Å². The summed E-state index contributed by atoms with van der Waals surface area (Å²) in [5.74, 6) is -0.405. The molecule has 1 aromatic heterocycles. The van der Waals surface area contributed by atoms with Crippen molar-refractivity contribution in [1.29, 1.82) is 0 Å². The normalized spacial score (nSPS) is 28.8. The largest absolute Gasteiger partial charge is 0.381 e. The van der Waals surface area contributed by atoms with E-state index in [9.17, 15) is 4.79 Å². The monoisotopic (exact) mass is 312 g/mol. The van der Waals surface area contributed by atoms with Crippen LogP contribution in [0.15, 0.2) is 12.3 Å². The van der Waals surface area contributed by atoms with Crippen LogP contribution in [0.1, 0.15) is 54.2 Å². The fourth-order valence-electron chi connectivity index (χ4n) is 4.65. The first kappa shape index (κ1) is 14.7. The molecule has 5 nitrogen and oxygen atoms in total. The number of hydrogen-bond donors (Lipinski definition) is 2. The predicted octanol–water partition coefficient (Wildman–Crippen LogP) is 2.18. The van der Waals surface area contributed by atoms with Crippen LogP contribution in [-0.4, -0.2) is 40.5 Å². The third-order valence-electron chi connectivity index (χ3n) is 5.66. The van der Waals surface area contributed by atoms with Crippen LogP contribution in [0, 0.1) is 0 Å². The Morgan fingerprint density at radius 1 is 1.39 bits per heavy atom. The first-order valence-electron chi connectivity index (χ1n) is 8.67. The summed E-state index contributed by atoms with van der Waals surface area (Å²) in [6.45, 7) is 3.40. The lowest BCUT2D eigenvalue weighted by Crippen LogP contribution is -2.46. The van der Waals surface area contributed by atoms with Crippen LogP contribution < -0.4 is 11.1 Å². The van der Waals surface area contributed by atoms with Crippen molar-refractivity contribution in [3.8, 4) is 0 Å². The third kappa shape index (κ3) is 2.43. The minimum absolute atomic E-state index is 0.405. The topological polar surface area (TPSA) is 71.2 Å². The van der Waals surface area contributed by atoms with Crippen LogP contribution in [0.25, 0.3) is 6.08 Å². The third-order valence-corrected chi connectivity index (χ3v) is 5.66. The highest BCUT2D eigenvalue weighted by atomic mass is 16.1. The van der Waals surface area contributed by atoms with Gasteiger partial charge in [0.15, 0.2) is 0 Å². The van der Waals surface area contributed by atoms with Crippen molar-refractivity contribution < 1.29 is 4.79 Å². The molecule has 0 unspecified atom stereocenters. The molecule has 2 fully saturated rings. The van der Waals surface area contributed by atoms with Crippen molar-refractivity contribution >= 4 is 17.7 Å². The Bertz CT molecular complexity index is 655. The smallest absolute Gasteiger partial charge is 0.252 e. The van der Waals surface area contributed by atoms with Gasteiger partial charge in [0.2, 0.25) is 0 Å². The Morgan fingerprint density at radius 3 is 2.78 bits per heavy atom. The lowest BCUT2D eigenvalue weighted by atomic mass is 9.96. The molecule has 122 valence electrons. The van der Waals surface area contributed by atoms with Gasteiger partial charge in [0.25, 0.3) is 5.91 Å². The van der Waals surface area contributed by atoms with Crippen molar-refractivity contribution in [2.75, 3.05) is 11.9 Å². The van der Waals surface area contributed by atoms with Crippen molar-refractivity contribution in [2.45, 2.75) is 57.2 Å². The van der Waals surface area contributed by atoms with Crippen LogP contribution in [0.5, 0.6) is 0 Å². The Kier molecular flexibility index (Phi) is 3.60. The summed E-state index contributed by atoms with van der Waals surface area (Å²) in [7, 11) is 0. The molecule has 3 heterocycles. The van der Waals surface area contributed by atoms with E-state index in [0.717, 1.165) is 42.8 Å². The number of aromatic nitrogens is 1. The van der Waals surface area contributed by atoms with Crippen molar-refractivity contribution in [2.24, 2.45) is 5.73 Å². The Morgan fingerprint density at radius 2 is 2.13 bits per heavy atom. The molecule has 1 amide bonds. The average molecular weight is 312 g/mol. The highest BCUT2D eigenvalue weighted by Crippen LogP contribution is 2.38. The zero-order valence-electron chi connectivity index (χ0n) is 13.6. The number of nitrogens with one attached hydrogen (secondary N) is 1. The summed E-state index contributed by atoms with van der Waals surface area (Å²) in [5.41, 5.74) is 9.06. The number of primary amides is 1. The standard InChI is InChI=1S/C18H24N4O/c1-2-22-12-6-7-13(22)9-11(8-12)21-17-14-4-3-5-16(14)20-10-15(17)18(19)23/h3-4,10-13H,2,5-9H2,1H3,(H2,19,23)(H,20,21)/t12-,13-/m0/s1. The lowest BCUT2D eigenvalue weighted by molar-refractivity contribution is 0.100. The fraction of sp³-hybridized carbons (Fsp3) is 0.556. The number of hydrogen-bond acceptors (Lipinski definition) is 4. The summed E-state index contributed by atoms with van der Waals surface area (Å²) >= 11 is 0. The Labute approximate surface area is 136 Å². The molecule has 1 aliphatic carbocycles. The number of pyridine rings is 1. The molecule has 23 heavy (non-hydrogen) atoms. The molecule has 2 saturated heterocycles. The van der Waals surface area contributed by atoms with E-state index in [0.29, 0.717) is 23.7 Å². The number of amides is 1. The summed E-state index contributed by atoms with van der Waals surface area (Å²) in [6, 6.07) is 1.77. The van der Waals surface area contributed by atoms with Crippen LogP contribution in [0.4, 0.5) is 5.69 Å². The molecule has 4 rings (SSSR count). The number of piperidine rings is 1. The lowest BCUT2D eigenvalue weighted by Gasteiger charge is -2.39. The van der Waals surface area contributed by atoms with E-state index >= 15 is 0 Å². The molecule has 3 aliphatic rings. The van der Waals surface area contributed by atoms with Gasteiger partial charge >= 0.3 is 0 Å². The van der Waals surface area contributed by atoms with E-state index in [1.165, 1.54) is 12.8 Å². The summed E-state index contributed by atoms with van der Waals surface area (Å²) < 4.78 is 0. The van der Waals surface area contributed by atoms with Crippen LogP contribution in [0.2, 0.25) is 0 Å². The van der Waals surface area contributed by atoms with Crippen LogP contribution in [0.3, 0.4) is 0 Å². The average Bonchev–Trinajstić information content (AvgIpc) is 3.10. The van der Waals surface area contributed by atoms with Gasteiger partial charge in [0.1, 0.15) is 0 Å². The SMILES string of the molecule is CCN1[C@H]2CC[C@H]1CC(Nc1c(C(N)=O)cnc3c1C=CC3)C2. The van der Waals surface area contributed by atoms with E-state index in [-0.39, 0.29) is 0 Å². The molecule has 3 N–H and O–H groups in total. The molecule has 0 saturated carbocycles. The second-order valence-corrected chi connectivity index (χ2v) is 6.91. The highest BCUT2D eigenvalue weighted by Gasteiger charge is 2.40. The molecule has 2 aliphatic heterocycles.